The van der Waals surface area contributed by atoms with E-state index in [1.54, 1.807) is 6.07 Å². The number of ether oxygens (including phenoxy) is 2. The van der Waals surface area contributed by atoms with Gasteiger partial charge in [0.15, 0.2) is 11.5 Å². The molecule has 0 unspecified atom stereocenters. The van der Waals surface area contributed by atoms with Crippen LogP contribution in [0.5, 0.6) is 11.5 Å². The van der Waals surface area contributed by atoms with E-state index >= 15 is 0 Å². The lowest BCUT2D eigenvalue weighted by molar-refractivity contribution is -0.367. The highest BCUT2D eigenvalue weighted by atomic mass is 35.5. The SMILES string of the molecule is FC(F)(F)C1(C(F)(F)F)COc2c(cccc2N2CCN(CCc3c[nH]c4cc(Cl)ccc34)CC2)O1. The number of nitrogens with zero attached hydrogens (tertiary/aromatic N) is 2. The fraction of sp³-hybridized carbons (Fsp3) is 0.417. The number of halogens is 7. The van der Waals surface area contributed by atoms with Crippen molar-refractivity contribution in [3.63, 3.8) is 0 Å². The number of piperazine rings is 1. The lowest BCUT2D eigenvalue weighted by Gasteiger charge is -2.42. The van der Waals surface area contributed by atoms with Crippen LogP contribution in [0.4, 0.5) is 32.0 Å². The standard InChI is InChI=1S/C24H22ClF6N3O2/c25-16-4-5-17-15(13-32-18(17)12-16)6-7-33-8-10-34(11-9-33)19-2-1-3-20-21(19)35-14-22(36-20,23(26,27)28)24(29,30)31/h1-5,12-13,32H,6-11,14H2. The normalized spacial score (nSPS) is 18.6. The molecule has 0 atom stereocenters. The van der Waals surface area contributed by atoms with Crippen molar-refractivity contribution in [2.24, 2.45) is 0 Å². The fourth-order valence-electron chi connectivity index (χ4n) is 4.67. The van der Waals surface area contributed by atoms with Crippen molar-refractivity contribution in [2.75, 3.05) is 44.2 Å². The predicted molar refractivity (Wildman–Crippen MR) is 123 cm³/mol. The third-order valence-electron chi connectivity index (χ3n) is 6.72. The van der Waals surface area contributed by atoms with E-state index in [0.29, 0.717) is 36.9 Å². The molecule has 1 fully saturated rings. The first-order valence-corrected chi connectivity index (χ1v) is 11.7. The minimum Gasteiger partial charge on any atom is -0.483 e. The lowest BCUT2D eigenvalue weighted by Crippen LogP contribution is -2.65. The molecule has 3 heterocycles. The fourth-order valence-corrected chi connectivity index (χ4v) is 4.84. The molecule has 5 rings (SSSR count). The summed E-state index contributed by atoms with van der Waals surface area (Å²) < 4.78 is 90.2. The first kappa shape index (κ1) is 24.9. The molecule has 2 aliphatic heterocycles. The van der Waals surface area contributed by atoms with Gasteiger partial charge in [0.1, 0.15) is 6.61 Å². The van der Waals surface area contributed by atoms with Crippen molar-refractivity contribution in [1.29, 1.82) is 0 Å². The highest BCUT2D eigenvalue weighted by Crippen LogP contribution is 2.52. The quantitative estimate of drug-likeness (QED) is 0.429. The number of anilines is 1. The number of aromatic nitrogens is 1. The number of benzene rings is 2. The maximum absolute atomic E-state index is 13.4. The number of hydrogen-bond acceptors (Lipinski definition) is 4. The summed E-state index contributed by atoms with van der Waals surface area (Å²) in [5, 5.41) is 1.77. The Kier molecular flexibility index (Phi) is 6.19. The van der Waals surface area contributed by atoms with Crippen LogP contribution in [0, 0.1) is 0 Å². The molecule has 3 aromatic rings. The number of fused-ring (bicyclic) bond motifs is 2. The monoisotopic (exact) mass is 533 g/mol. The van der Waals surface area contributed by atoms with E-state index in [4.69, 9.17) is 16.3 Å². The molecule has 12 heteroatoms. The summed E-state index contributed by atoms with van der Waals surface area (Å²) in [6, 6.07) is 9.75. The van der Waals surface area contributed by atoms with E-state index in [0.717, 1.165) is 29.9 Å². The zero-order valence-electron chi connectivity index (χ0n) is 18.8. The Hall–Kier alpha value is -2.79. The van der Waals surface area contributed by atoms with Crippen LogP contribution < -0.4 is 14.4 Å². The predicted octanol–water partition coefficient (Wildman–Crippen LogP) is 5.82. The first-order valence-electron chi connectivity index (χ1n) is 11.3. The summed E-state index contributed by atoms with van der Waals surface area (Å²) in [7, 11) is 0. The molecule has 0 spiro atoms. The average Bonchev–Trinajstić information content (AvgIpc) is 3.23. The summed E-state index contributed by atoms with van der Waals surface area (Å²) in [5.74, 6) is -0.678. The Morgan fingerprint density at radius 3 is 2.39 bits per heavy atom. The number of H-pyrrole nitrogens is 1. The molecule has 2 aromatic carbocycles. The van der Waals surface area contributed by atoms with Crippen LogP contribution in [0.1, 0.15) is 5.56 Å². The zero-order valence-corrected chi connectivity index (χ0v) is 19.6. The molecule has 0 bridgehead atoms. The number of hydrogen-bond donors (Lipinski definition) is 1. The van der Waals surface area contributed by atoms with Crippen molar-refractivity contribution in [3.8, 4) is 11.5 Å². The largest absolute Gasteiger partial charge is 0.483 e. The van der Waals surface area contributed by atoms with E-state index in [-0.39, 0.29) is 5.75 Å². The molecular weight excluding hydrogens is 512 g/mol. The molecule has 1 N–H and O–H groups in total. The van der Waals surface area contributed by atoms with E-state index in [1.807, 2.05) is 29.3 Å². The molecule has 0 saturated carbocycles. The number of aromatic amines is 1. The first-order chi connectivity index (χ1) is 17.0. The van der Waals surface area contributed by atoms with Crippen LogP contribution in [-0.4, -0.2) is 67.2 Å². The maximum Gasteiger partial charge on any atom is 0.441 e. The van der Waals surface area contributed by atoms with Crippen molar-refractivity contribution in [2.45, 2.75) is 24.4 Å². The van der Waals surface area contributed by atoms with Gasteiger partial charge in [-0.2, -0.15) is 26.3 Å². The Balaban J connectivity index is 1.25. The minimum absolute atomic E-state index is 0.104. The average molecular weight is 534 g/mol. The zero-order chi connectivity index (χ0) is 25.7. The van der Waals surface area contributed by atoms with Crippen molar-refractivity contribution in [3.05, 3.63) is 53.2 Å². The molecule has 2 aliphatic rings. The van der Waals surface area contributed by atoms with Gasteiger partial charge < -0.3 is 19.4 Å². The second-order valence-corrected chi connectivity index (χ2v) is 9.34. The highest BCUT2D eigenvalue weighted by molar-refractivity contribution is 6.31. The number of para-hydroxylation sites is 1. The number of nitrogens with one attached hydrogen (secondary N) is 1. The smallest absolute Gasteiger partial charge is 0.441 e. The van der Waals surface area contributed by atoms with Gasteiger partial charge in [-0.15, -0.1) is 0 Å². The number of rotatable bonds is 4. The summed E-state index contributed by atoms with van der Waals surface area (Å²) in [4.78, 5) is 7.37. The van der Waals surface area contributed by atoms with E-state index in [1.165, 1.54) is 11.6 Å². The minimum atomic E-state index is -5.69. The van der Waals surface area contributed by atoms with E-state index in [2.05, 4.69) is 14.6 Å². The molecule has 0 radical (unpaired) electrons. The Bertz CT molecular complexity index is 1240. The van der Waals surface area contributed by atoms with Gasteiger partial charge in [0.25, 0.3) is 0 Å². The van der Waals surface area contributed by atoms with Crippen LogP contribution in [0.25, 0.3) is 10.9 Å². The maximum atomic E-state index is 13.4. The topological polar surface area (TPSA) is 40.7 Å². The van der Waals surface area contributed by atoms with Crippen LogP contribution in [0.2, 0.25) is 5.02 Å². The second-order valence-electron chi connectivity index (χ2n) is 8.90. The van der Waals surface area contributed by atoms with Gasteiger partial charge in [0.2, 0.25) is 0 Å². The Morgan fingerprint density at radius 2 is 1.69 bits per heavy atom. The van der Waals surface area contributed by atoms with Gasteiger partial charge in [-0.05, 0) is 36.2 Å². The van der Waals surface area contributed by atoms with Crippen LogP contribution in [-0.2, 0) is 6.42 Å². The third kappa shape index (κ3) is 4.32. The van der Waals surface area contributed by atoms with Crippen molar-refractivity contribution in [1.82, 2.24) is 9.88 Å². The van der Waals surface area contributed by atoms with Gasteiger partial charge in [0.05, 0.1) is 5.69 Å². The molecule has 0 amide bonds. The molecule has 5 nitrogen and oxygen atoms in total. The molecule has 0 aliphatic carbocycles. The van der Waals surface area contributed by atoms with Gasteiger partial charge in [0, 0.05) is 54.8 Å². The summed E-state index contributed by atoms with van der Waals surface area (Å²) in [6.45, 7) is 1.52. The highest BCUT2D eigenvalue weighted by Gasteiger charge is 2.75. The molecule has 1 aromatic heterocycles. The third-order valence-corrected chi connectivity index (χ3v) is 6.95. The van der Waals surface area contributed by atoms with Gasteiger partial charge in [-0.25, -0.2) is 0 Å². The Labute approximate surface area is 207 Å². The summed E-state index contributed by atoms with van der Waals surface area (Å²) in [6.07, 6.45) is -8.60. The second kappa shape index (κ2) is 8.95. The molecular formula is C24H22ClF6N3O2. The Morgan fingerprint density at radius 1 is 0.972 bits per heavy atom. The summed E-state index contributed by atoms with van der Waals surface area (Å²) >= 11 is 6.04. The van der Waals surface area contributed by atoms with Gasteiger partial charge in [-0.3, -0.25) is 4.90 Å². The van der Waals surface area contributed by atoms with E-state index < -0.39 is 30.3 Å². The lowest BCUT2D eigenvalue weighted by atomic mass is 10.0. The number of alkyl halides is 6. The molecule has 36 heavy (non-hydrogen) atoms. The molecule has 194 valence electrons. The van der Waals surface area contributed by atoms with Crippen LogP contribution in [0.15, 0.2) is 42.6 Å². The van der Waals surface area contributed by atoms with Gasteiger partial charge in [-0.1, -0.05) is 23.7 Å². The van der Waals surface area contributed by atoms with Crippen LogP contribution >= 0.6 is 11.6 Å². The van der Waals surface area contributed by atoms with Crippen molar-refractivity contribution < 1.29 is 35.8 Å². The van der Waals surface area contributed by atoms with Crippen molar-refractivity contribution >= 4 is 28.2 Å². The van der Waals surface area contributed by atoms with Crippen LogP contribution in [0.3, 0.4) is 0 Å². The molecule has 1 saturated heterocycles. The van der Waals surface area contributed by atoms with E-state index in [9.17, 15) is 26.3 Å². The van der Waals surface area contributed by atoms with Gasteiger partial charge >= 0.3 is 18.0 Å². The summed E-state index contributed by atoms with van der Waals surface area (Å²) in [5.41, 5.74) is -1.85.